The maximum Gasteiger partial charge on any atom is 0.158 e. The van der Waals surface area contributed by atoms with Crippen molar-refractivity contribution in [3.05, 3.63) is 157 Å². The van der Waals surface area contributed by atoms with Crippen molar-refractivity contribution in [2.24, 2.45) is 5.92 Å². The molecule has 282 valence electrons. The lowest BCUT2D eigenvalue weighted by Gasteiger charge is -2.44. The molecular formula is C60H30O2. The van der Waals surface area contributed by atoms with Crippen LogP contribution in [0, 0.1) is 5.92 Å². The SMILES string of the molecule is O=C(CO)CCCC1(c2ccccc2)C23c4c5c6c7c8c4c4c2c2c9c%10c%11cc%12c9c9c(cc%13cc%14c%15c%16c(cc(c8c%16c4c4c%15c%13c9c24)C7C=CC6=C2C=CC%11C(C25)C%1013)C%14)C%12. The van der Waals surface area contributed by atoms with Crippen LogP contribution in [-0.4, -0.2) is 17.5 Å². The largest absolute Gasteiger partial charge is 0.389 e. The van der Waals surface area contributed by atoms with Gasteiger partial charge in [0.2, 0.25) is 0 Å². The Hall–Kier alpha value is -6.35. The summed E-state index contributed by atoms with van der Waals surface area (Å²) in [7, 11) is 0. The molecule has 2 nitrogen and oxygen atoms in total. The van der Waals surface area contributed by atoms with E-state index in [0.29, 0.717) is 24.2 Å². The monoisotopic (exact) mass is 782 g/mol. The van der Waals surface area contributed by atoms with E-state index in [1.807, 2.05) is 0 Å². The van der Waals surface area contributed by atoms with Crippen molar-refractivity contribution < 1.29 is 9.90 Å². The topological polar surface area (TPSA) is 37.3 Å². The minimum absolute atomic E-state index is 0.0251. The number of aliphatic hydroxyl groups excluding tert-OH is 1. The Morgan fingerprint density at radius 2 is 1.29 bits per heavy atom. The first-order valence-corrected chi connectivity index (χ1v) is 23.5. The molecule has 2 spiro atoms. The molecule has 0 radical (unpaired) electrons. The molecule has 11 aliphatic rings. The summed E-state index contributed by atoms with van der Waals surface area (Å²) in [4.78, 5) is 13.3. The molecular weight excluding hydrogens is 753 g/mol. The van der Waals surface area contributed by atoms with Gasteiger partial charge < -0.3 is 5.11 Å². The van der Waals surface area contributed by atoms with Gasteiger partial charge in [-0.15, -0.1) is 0 Å². The van der Waals surface area contributed by atoms with Gasteiger partial charge in [0.05, 0.1) is 0 Å². The van der Waals surface area contributed by atoms with Gasteiger partial charge in [0, 0.05) is 40.4 Å². The second-order valence-corrected chi connectivity index (χ2v) is 22.1. The quantitative estimate of drug-likeness (QED) is 0.135. The van der Waals surface area contributed by atoms with Crippen LogP contribution in [-0.2, 0) is 33.9 Å². The van der Waals surface area contributed by atoms with E-state index in [9.17, 15) is 9.90 Å². The molecule has 62 heavy (non-hydrogen) atoms. The number of rotatable bonds is 6. The molecule has 0 aliphatic heterocycles. The van der Waals surface area contributed by atoms with Crippen LogP contribution in [0.3, 0.4) is 0 Å². The van der Waals surface area contributed by atoms with Crippen LogP contribution < -0.4 is 0 Å². The number of hydrogen-bond donors (Lipinski definition) is 1. The van der Waals surface area contributed by atoms with Gasteiger partial charge >= 0.3 is 0 Å². The van der Waals surface area contributed by atoms with Crippen molar-refractivity contribution >= 4 is 108 Å². The summed E-state index contributed by atoms with van der Waals surface area (Å²) >= 11 is 0. The molecule has 7 unspecified atom stereocenters. The van der Waals surface area contributed by atoms with Gasteiger partial charge in [0.15, 0.2) is 5.78 Å². The van der Waals surface area contributed by atoms with Gasteiger partial charge in [0.25, 0.3) is 0 Å². The molecule has 0 amide bonds. The highest BCUT2D eigenvalue weighted by molar-refractivity contribution is 6.59. The van der Waals surface area contributed by atoms with Gasteiger partial charge in [-0.3, -0.25) is 4.79 Å². The highest BCUT2D eigenvalue weighted by Crippen LogP contribution is 2.98. The van der Waals surface area contributed by atoms with Crippen molar-refractivity contribution in [1.82, 2.24) is 0 Å². The first kappa shape index (κ1) is 28.3. The zero-order valence-corrected chi connectivity index (χ0v) is 33.4. The fraction of sp³-hybridized carbons (Fsp3) is 0.217. The maximum absolute atomic E-state index is 13.3. The molecule has 0 aromatic heterocycles. The molecule has 11 aromatic carbocycles. The Labute approximate surface area is 352 Å². The van der Waals surface area contributed by atoms with Crippen molar-refractivity contribution in [2.45, 2.75) is 66.1 Å². The third-order valence-corrected chi connectivity index (χ3v) is 21.2. The van der Waals surface area contributed by atoms with Crippen LogP contribution in [0.1, 0.15) is 109 Å². The predicted octanol–water partition coefficient (Wildman–Crippen LogP) is 12.3. The average molecular weight is 783 g/mol. The maximum atomic E-state index is 13.3. The van der Waals surface area contributed by atoms with E-state index in [4.69, 9.17) is 0 Å². The Balaban J connectivity index is 1.14. The number of allylic oxidation sites excluding steroid dienone is 6. The van der Waals surface area contributed by atoms with Gasteiger partial charge in [-0.05, 0) is 212 Å². The Kier molecular flexibility index (Phi) is 3.43. The number of Topliss-reactive ketones (excluding diaryl/α,β-unsaturated/α-hetero) is 1. The zero-order valence-electron chi connectivity index (χ0n) is 33.4. The molecule has 7 atom stereocenters. The van der Waals surface area contributed by atoms with Crippen LogP contribution in [0.5, 0.6) is 0 Å². The third-order valence-electron chi connectivity index (χ3n) is 21.2. The number of carbonyl (C=O) groups excluding carboxylic acids is 1. The van der Waals surface area contributed by atoms with Crippen molar-refractivity contribution in [3.8, 4) is 0 Å². The van der Waals surface area contributed by atoms with E-state index >= 15 is 0 Å². The second kappa shape index (κ2) is 7.52. The van der Waals surface area contributed by atoms with Crippen molar-refractivity contribution in [3.63, 3.8) is 0 Å². The minimum atomic E-state index is -0.369. The lowest BCUT2D eigenvalue weighted by Crippen LogP contribution is -2.40. The zero-order chi connectivity index (χ0) is 38.9. The van der Waals surface area contributed by atoms with E-state index in [-0.39, 0.29) is 34.6 Å². The van der Waals surface area contributed by atoms with Crippen LogP contribution >= 0.6 is 0 Å². The van der Waals surface area contributed by atoms with Gasteiger partial charge in [0.1, 0.15) is 6.61 Å². The van der Waals surface area contributed by atoms with Gasteiger partial charge in [-0.25, -0.2) is 0 Å². The molecule has 0 heterocycles. The fourth-order valence-corrected chi connectivity index (χ4v) is 20.6. The molecule has 0 saturated heterocycles. The molecule has 1 fully saturated rings. The minimum Gasteiger partial charge on any atom is -0.389 e. The molecule has 1 N–H and O–H groups in total. The number of hydrogen-bond acceptors (Lipinski definition) is 2. The van der Waals surface area contributed by atoms with Crippen LogP contribution in [0.15, 0.2) is 84.5 Å². The Morgan fingerprint density at radius 1 is 0.629 bits per heavy atom. The van der Waals surface area contributed by atoms with E-state index in [2.05, 4.69) is 78.9 Å². The summed E-state index contributed by atoms with van der Waals surface area (Å²) < 4.78 is 0. The molecule has 11 aromatic rings. The molecule has 22 rings (SSSR count). The number of ketones is 1. The summed E-state index contributed by atoms with van der Waals surface area (Å²) in [5.41, 5.74) is 23.4. The number of benzene rings is 10. The first-order chi connectivity index (χ1) is 30.7. The predicted molar refractivity (Wildman–Crippen MR) is 247 cm³/mol. The van der Waals surface area contributed by atoms with E-state index in [1.54, 1.807) is 164 Å². The summed E-state index contributed by atoms with van der Waals surface area (Å²) in [5.74, 6) is 1.33. The summed E-state index contributed by atoms with van der Waals surface area (Å²) in [6, 6.07) is 22.6. The van der Waals surface area contributed by atoms with Crippen LogP contribution in [0.2, 0.25) is 0 Å². The Morgan fingerprint density at radius 3 is 2.06 bits per heavy atom. The lowest BCUT2D eigenvalue weighted by atomic mass is 9.57. The van der Waals surface area contributed by atoms with Crippen LogP contribution in [0.25, 0.3) is 103 Å². The Bertz CT molecular complexity index is 4550. The average Bonchev–Trinajstić information content (AvgIpc) is 4.05. The number of carbonyl (C=O) groups is 1. The smallest absolute Gasteiger partial charge is 0.158 e. The van der Waals surface area contributed by atoms with Gasteiger partial charge in [-0.2, -0.15) is 0 Å². The number of fused-ring (bicyclic) bond motifs is 2. The third kappa shape index (κ3) is 1.96. The van der Waals surface area contributed by atoms with Crippen LogP contribution in [0.4, 0.5) is 0 Å². The fourth-order valence-electron chi connectivity index (χ4n) is 20.6. The normalized spacial score (nSPS) is 30.5. The lowest BCUT2D eigenvalue weighted by molar-refractivity contribution is -0.121. The standard InChI is InChI=1S/C60H30O2/c61-19-26(62)7-4-12-58(25-5-2-1-3-6-25)59-54-30-11-10-28-27-8-9-29-31-17-23-15-20-13-22-14-21-16-24-18-32(30)55(59)49-36(24)34(21)43-37(22)42-33(20)35(23)44-40(31)45-38(29)39(27)50(41(28)54)56-51(45)53-48(44)46(42)47(43)52(49)57(53)60(56,58)59/h1-3,5-6,8-11,13-14,17-18,29-30,41,54,61H,4,7,12,15-16,19H2. The molecule has 11 aliphatic carbocycles. The summed E-state index contributed by atoms with van der Waals surface area (Å²) in [6.45, 7) is -0.369. The molecule has 0 bridgehead atoms. The van der Waals surface area contributed by atoms with E-state index in [1.165, 1.54) is 16.5 Å². The number of aliphatic hydroxyl groups is 1. The van der Waals surface area contributed by atoms with Crippen molar-refractivity contribution in [2.75, 3.05) is 6.61 Å². The molecule has 2 heteroatoms. The second-order valence-electron chi connectivity index (χ2n) is 22.1. The highest BCUT2D eigenvalue weighted by Gasteiger charge is 2.96. The van der Waals surface area contributed by atoms with E-state index in [0.717, 1.165) is 25.7 Å². The van der Waals surface area contributed by atoms with Crippen molar-refractivity contribution in [1.29, 1.82) is 0 Å². The molecule has 1 saturated carbocycles. The summed E-state index contributed by atoms with van der Waals surface area (Å²) in [6.07, 6.45) is 14.7. The summed E-state index contributed by atoms with van der Waals surface area (Å²) in [5, 5.41) is 38.8. The first-order valence-electron chi connectivity index (χ1n) is 23.5. The van der Waals surface area contributed by atoms with Gasteiger partial charge in [-0.1, -0.05) is 78.9 Å². The van der Waals surface area contributed by atoms with E-state index < -0.39 is 0 Å². The highest BCUT2D eigenvalue weighted by atomic mass is 16.3.